The predicted octanol–water partition coefficient (Wildman–Crippen LogP) is 3.03. The Morgan fingerprint density at radius 1 is 1.07 bits per heavy atom. The molecule has 0 spiro atoms. The van der Waals surface area contributed by atoms with Gasteiger partial charge in [-0.15, -0.1) is 0 Å². The molecular weight excluding hydrogens is 432 g/mol. The fourth-order valence-electron chi connectivity index (χ4n) is 4.06. The van der Waals surface area contributed by atoms with Crippen molar-refractivity contribution in [1.29, 1.82) is 0 Å². The lowest BCUT2D eigenvalue weighted by atomic mass is 10.1. The van der Waals surface area contributed by atoms with Gasteiger partial charge in [-0.2, -0.15) is 0 Å². The summed E-state index contributed by atoms with van der Waals surface area (Å²) in [6, 6.07) is 10.4. The van der Waals surface area contributed by atoms with Crippen LogP contribution in [0.1, 0.15) is 19.3 Å². The molecule has 154 valence electrons. The second kappa shape index (κ2) is 9.43. The van der Waals surface area contributed by atoms with E-state index in [4.69, 9.17) is 0 Å². The van der Waals surface area contributed by atoms with E-state index in [0.29, 0.717) is 12.5 Å². The van der Waals surface area contributed by atoms with E-state index < -0.39 is 0 Å². The van der Waals surface area contributed by atoms with Crippen LogP contribution in [0.2, 0.25) is 0 Å². The van der Waals surface area contributed by atoms with Crippen LogP contribution in [0.15, 0.2) is 47.2 Å². The number of nitrogens with one attached hydrogen (secondary N) is 2. The number of carbonyl (C=O) groups is 1. The zero-order chi connectivity index (χ0) is 20.1. The number of rotatable bonds is 5. The van der Waals surface area contributed by atoms with Crippen LogP contribution < -0.4 is 20.4 Å². The topological polar surface area (TPSA) is 73.4 Å². The Bertz CT molecular complexity index is 812. The van der Waals surface area contributed by atoms with Gasteiger partial charge in [0.2, 0.25) is 5.95 Å². The number of hydrogen-bond donors (Lipinski definition) is 2. The molecular formula is C21H27BrN6O. The highest BCUT2D eigenvalue weighted by atomic mass is 79.9. The van der Waals surface area contributed by atoms with Gasteiger partial charge in [0.1, 0.15) is 0 Å². The molecule has 2 N–H and O–H groups in total. The zero-order valence-electron chi connectivity index (χ0n) is 16.4. The summed E-state index contributed by atoms with van der Waals surface area (Å²) >= 11 is 3.54. The van der Waals surface area contributed by atoms with Crippen LogP contribution in [0.3, 0.4) is 0 Å². The number of halogens is 1. The monoisotopic (exact) mass is 458 g/mol. The minimum absolute atomic E-state index is 0.0553. The molecule has 4 rings (SSSR count). The number of carbonyl (C=O) groups excluding carboxylic acids is 1. The van der Waals surface area contributed by atoms with Crippen molar-refractivity contribution in [1.82, 2.24) is 20.6 Å². The summed E-state index contributed by atoms with van der Waals surface area (Å²) < 4.78 is 1.10. The van der Waals surface area contributed by atoms with Crippen LogP contribution in [0.4, 0.5) is 16.4 Å². The molecule has 0 saturated carbocycles. The van der Waals surface area contributed by atoms with E-state index in [1.165, 1.54) is 5.69 Å². The lowest BCUT2D eigenvalue weighted by Gasteiger charge is -2.32. The lowest BCUT2D eigenvalue weighted by molar-refractivity contribution is 0.233. The maximum Gasteiger partial charge on any atom is 0.315 e. The minimum atomic E-state index is -0.0553. The number of anilines is 2. The van der Waals surface area contributed by atoms with Crippen LogP contribution in [-0.2, 0) is 0 Å². The molecule has 0 radical (unpaired) electrons. The van der Waals surface area contributed by atoms with Crippen molar-refractivity contribution in [2.45, 2.75) is 25.3 Å². The summed E-state index contributed by atoms with van der Waals surface area (Å²) in [6.07, 6.45) is 6.45. The maximum absolute atomic E-state index is 12.3. The quantitative estimate of drug-likeness (QED) is 0.719. The van der Waals surface area contributed by atoms with Crippen LogP contribution in [0.25, 0.3) is 0 Å². The van der Waals surface area contributed by atoms with Gasteiger partial charge in [-0.05, 0) is 49.4 Å². The molecule has 29 heavy (non-hydrogen) atoms. The molecule has 0 bridgehead atoms. The second-order valence-electron chi connectivity index (χ2n) is 7.75. The van der Waals surface area contributed by atoms with Crippen molar-refractivity contribution >= 4 is 33.6 Å². The Balaban J connectivity index is 1.17. The number of nitrogens with zero attached hydrogens (tertiary/aromatic N) is 4. The molecule has 2 aliphatic rings. The highest BCUT2D eigenvalue weighted by Gasteiger charge is 2.25. The third-order valence-electron chi connectivity index (χ3n) is 5.68. The Morgan fingerprint density at radius 3 is 2.59 bits per heavy atom. The predicted molar refractivity (Wildman–Crippen MR) is 118 cm³/mol. The van der Waals surface area contributed by atoms with Crippen molar-refractivity contribution in [2.24, 2.45) is 5.92 Å². The number of hydrogen-bond acceptors (Lipinski definition) is 5. The molecule has 1 atom stereocenters. The lowest BCUT2D eigenvalue weighted by Crippen LogP contribution is -2.49. The smallest absolute Gasteiger partial charge is 0.315 e. The third kappa shape index (κ3) is 5.38. The summed E-state index contributed by atoms with van der Waals surface area (Å²) in [6.45, 7) is 4.45. The van der Waals surface area contributed by atoms with Crippen LogP contribution in [0.5, 0.6) is 0 Å². The molecule has 2 fully saturated rings. The molecule has 2 amide bonds. The van der Waals surface area contributed by atoms with Crippen molar-refractivity contribution in [3.8, 4) is 0 Å². The zero-order valence-corrected chi connectivity index (χ0v) is 18.0. The average molecular weight is 459 g/mol. The maximum atomic E-state index is 12.3. The van der Waals surface area contributed by atoms with Crippen LogP contribution in [0, 0.1) is 5.92 Å². The van der Waals surface area contributed by atoms with Gasteiger partial charge in [0.05, 0.1) is 0 Å². The van der Waals surface area contributed by atoms with Gasteiger partial charge in [0.15, 0.2) is 0 Å². The van der Waals surface area contributed by atoms with Crippen molar-refractivity contribution in [2.75, 3.05) is 42.5 Å². The molecule has 2 aromatic rings. The Hall–Kier alpha value is -2.35. The van der Waals surface area contributed by atoms with Gasteiger partial charge in [0.25, 0.3) is 0 Å². The van der Waals surface area contributed by atoms with Gasteiger partial charge in [-0.1, -0.05) is 22.0 Å². The first-order valence-corrected chi connectivity index (χ1v) is 11.0. The molecule has 3 heterocycles. The number of aromatic nitrogens is 2. The number of urea groups is 1. The highest BCUT2D eigenvalue weighted by Crippen LogP contribution is 2.26. The molecule has 2 aliphatic heterocycles. The Labute approximate surface area is 180 Å². The summed E-state index contributed by atoms with van der Waals surface area (Å²) in [4.78, 5) is 25.5. The number of amides is 2. The first-order valence-electron chi connectivity index (χ1n) is 10.2. The van der Waals surface area contributed by atoms with Gasteiger partial charge in [-0.3, -0.25) is 0 Å². The molecule has 1 aromatic heterocycles. The summed E-state index contributed by atoms with van der Waals surface area (Å²) in [5.41, 5.74) is 1.24. The molecule has 8 heteroatoms. The van der Waals surface area contributed by atoms with Gasteiger partial charge >= 0.3 is 6.03 Å². The molecule has 1 aromatic carbocycles. The van der Waals surface area contributed by atoms with E-state index in [1.54, 1.807) is 12.4 Å². The second-order valence-corrected chi connectivity index (χ2v) is 8.66. The average Bonchev–Trinajstić information content (AvgIpc) is 3.23. The van der Waals surface area contributed by atoms with E-state index in [9.17, 15) is 4.79 Å². The summed E-state index contributed by atoms with van der Waals surface area (Å²) in [5, 5.41) is 6.20. The fourth-order valence-corrected chi connectivity index (χ4v) is 4.45. The van der Waals surface area contributed by atoms with Crippen molar-refractivity contribution in [3.63, 3.8) is 0 Å². The first kappa shape index (κ1) is 19.9. The molecule has 0 aliphatic carbocycles. The molecule has 2 saturated heterocycles. The van der Waals surface area contributed by atoms with E-state index >= 15 is 0 Å². The van der Waals surface area contributed by atoms with Gasteiger partial charge in [0, 0.05) is 61.3 Å². The van der Waals surface area contributed by atoms with Gasteiger partial charge in [-0.25, -0.2) is 14.8 Å². The summed E-state index contributed by atoms with van der Waals surface area (Å²) in [7, 11) is 0. The SMILES string of the molecule is O=C(NCC1CCN(c2cccc(Br)c2)C1)NC1CCN(c2ncccn2)CC1. The molecule has 7 nitrogen and oxygen atoms in total. The standard InChI is InChI=1S/C21H27BrN6O/c22-17-3-1-4-19(13-17)28-10-5-16(15-28)14-25-21(29)26-18-6-11-27(12-7-18)20-23-8-2-9-24-20/h1-4,8-9,13,16,18H,5-7,10-12,14-15H2,(H2,25,26,29). The summed E-state index contributed by atoms with van der Waals surface area (Å²) in [5.74, 6) is 1.25. The highest BCUT2D eigenvalue weighted by molar-refractivity contribution is 9.10. The largest absolute Gasteiger partial charge is 0.371 e. The Morgan fingerprint density at radius 2 is 1.83 bits per heavy atom. The van der Waals surface area contributed by atoms with E-state index in [-0.39, 0.29) is 12.1 Å². The third-order valence-corrected chi connectivity index (χ3v) is 6.17. The van der Waals surface area contributed by atoms with E-state index in [0.717, 1.165) is 55.9 Å². The van der Waals surface area contributed by atoms with Crippen molar-refractivity contribution < 1.29 is 4.79 Å². The normalized spacial score (nSPS) is 20.0. The minimum Gasteiger partial charge on any atom is -0.371 e. The van der Waals surface area contributed by atoms with Crippen LogP contribution >= 0.6 is 15.9 Å². The molecule has 1 unspecified atom stereocenters. The van der Waals surface area contributed by atoms with Crippen molar-refractivity contribution in [3.05, 3.63) is 47.2 Å². The fraction of sp³-hybridized carbons (Fsp3) is 0.476. The number of piperidine rings is 1. The van der Waals surface area contributed by atoms with Crippen LogP contribution in [-0.4, -0.2) is 54.8 Å². The van der Waals surface area contributed by atoms with E-state index in [2.05, 4.69) is 64.5 Å². The van der Waals surface area contributed by atoms with E-state index in [1.807, 2.05) is 12.1 Å². The first-order chi connectivity index (χ1) is 14.2. The van der Waals surface area contributed by atoms with Gasteiger partial charge < -0.3 is 20.4 Å². The number of benzene rings is 1. The Kier molecular flexibility index (Phi) is 6.49.